The van der Waals surface area contributed by atoms with Crippen molar-refractivity contribution >= 4 is 39.2 Å². The number of fused-ring (bicyclic) bond motifs is 1. The molecule has 0 radical (unpaired) electrons. The number of para-hydroxylation sites is 1. The summed E-state index contributed by atoms with van der Waals surface area (Å²) in [5, 5.41) is 11.1. The van der Waals surface area contributed by atoms with Gasteiger partial charge in [-0.1, -0.05) is 60.1 Å². The van der Waals surface area contributed by atoms with Crippen molar-refractivity contribution in [1.82, 2.24) is 5.32 Å². The van der Waals surface area contributed by atoms with Gasteiger partial charge < -0.3 is 15.2 Å². The SMILES string of the molecule is O=C(O)Cc1ccc(OCCNC(=O)[C@@H]2Cc3ccccc3N2S(=O)(=O)c2ccc(-c3ccc(C(F)(F)F)c(Cl)c3)cc2)cc1. The minimum absolute atomic E-state index is 0.0842. The molecule has 234 valence electrons. The first kappa shape index (κ1) is 31.9. The Morgan fingerprint density at radius 3 is 2.27 bits per heavy atom. The molecule has 0 spiro atoms. The topological polar surface area (TPSA) is 113 Å². The van der Waals surface area contributed by atoms with E-state index < -0.39 is 44.7 Å². The van der Waals surface area contributed by atoms with Gasteiger partial charge in [-0.25, -0.2) is 8.42 Å². The highest BCUT2D eigenvalue weighted by Gasteiger charge is 2.42. The molecule has 8 nitrogen and oxygen atoms in total. The van der Waals surface area contributed by atoms with Gasteiger partial charge in [0.1, 0.15) is 18.4 Å². The third-order valence-electron chi connectivity index (χ3n) is 7.20. The van der Waals surface area contributed by atoms with E-state index >= 15 is 0 Å². The second-order valence-electron chi connectivity index (χ2n) is 10.2. The van der Waals surface area contributed by atoms with Crippen molar-refractivity contribution in [1.29, 1.82) is 0 Å². The van der Waals surface area contributed by atoms with Gasteiger partial charge in [-0.3, -0.25) is 13.9 Å². The maximum Gasteiger partial charge on any atom is 0.417 e. The number of carboxylic acids is 1. The summed E-state index contributed by atoms with van der Waals surface area (Å²) in [6.07, 6.45) is -4.57. The van der Waals surface area contributed by atoms with Crippen LogP contribution in [0.5, 0.6) is 5.75 Å². The number of carbonyl (C=O) groups excluding carboxylic acids is 1. The summed E-state index contributed by atoms with van der Waals surface area (Å²) in [4.78, 5) is 24.0. The summed E-state index contributed by atoms with van der Waals surface area (Å²) in [5.41, 5.74) is 1.52. The number of anilines is 1. The van der Waals surface area contributed by atoms with Gasteiger partial charge in [0.2, 0.25) is 5.91 Å². The molecule has 0 fully saturated rings. The first-order valence-corrected chi connectivity index (χ1v) is 15.5. The van der Waals surface area contributed by atoms with Crippen molar-refractivity contribution in [3.05, 3.63) is 113 Å². The van der Waals surface area contributed by atoms with Gasteiger partial charge in [-0.05, 0) is 64.7 Å². The average Bonchev–Trinajstić information content (AvgIpc) is 3.40. The van der Waals surface area contributed by atoms with Crippen molar-refractivity contribution in [3.8, 4) is 16.9 Å². The largest absolute Gasteiger partial charge is 0.492 e. The number of ether oxygens (including phenoxy) is 1. The molecule has 0 aliphatic carbocycles. The zero-order valence-electron chi connectivity index (χ0n) is 23.4. The fourth-order valence-electron chi connectivity index (χ4n) is 5.05. The Kier molecular flexibility index (Phi) is 9.08. The van der Waals surface area contributed by atoms with Gasteiger partial charge in [-0.15, -0.1) is 0 Å². The Morgan fingerprint density at radius 1 is 0.956 bits per heavy atom. The molecule has 0 aromatic heterocycles. The lowest BCUT2D eigenvalue weighted by Gasteiger charge is -2.26. The highest BCUT2D eigenvalue weighted by Crippen LogP contribution is 2.39. The fraction of sp³-hybridized carbons (Fsp3) is 0.188. The maximum atomic E-state index is 13.9. The molecule has 1 heterocycles. The number of benzene rings is 4. The predicted molar refractivity (Wildman–Crippen MR) is 162 cm³/mol. The van der Waals surface area contributed by atoms with E-state index in [0.29, 0.717) is 33.7 Å². The normalized spacial score (nSPS) is 14.6. The number of alkyl halides is 3. The molecule has 0 saturated carbocycles. The first-order valence-electron chi connectivity index (χ1n) is 13.7. The number of rotatable bonds is 10. The Labute approximate surface area is 262 Å². The Bertz CT molecular complexity index is 1830. The number of sulfonamides is 1. The minimum Gasteiger partial charge on any atom is -0.492 e. The van der Waals surface area contributed by atoms with Gasteiger partial charge >= 0.3 is 12.1 Å². The average molecular weight is 659 g/mol. The Morgan fingerprint density at radius 2 is 1.62 bits per heavy atom. The van der Waals surface area contributed by atoms with Gasteiger partial charge in [0.15, 0.2) is 0 Å². The lowest BCUT2D eigenvalue weighted by molar-refractivity contribution is -0.138. The molecule has 2 N–H and O–H groups in total. The van der Waals surface area contributed by atoms with Crippen molar-refractivity contribution in [2.75, 3.05) is 17.5 Å². The highest BCUT2D eigenvalue weighted by molar-refractivity contribution is 7.93. The molecule has 1 atom stereocenters. The number of halogens is 4. The molecule has 4 aromatic rings. The molecule has 0 saturated heterocycles. The van der Waals surface area contributed by atoms with Crippen LogP contribution in [0.4, 0.5) is 18.9 Å². The number of aliphatic carboxylic acids is 1. The summed E-state index contributed by atoms with van der Waals surface area (Å²) < 4.78 is 73.9. The Hall–Kier alpha value is -4.55. The molecule has 1 aliphatic rings. The van der Waals surface area contributed by atoms with Crippen LogP contribution in [0.3, 0.4) is 0 Å². The molecule has 13 heteroatoms. The van der Waals surface area contributed by atoms with Crippen LogP contribution in [0.15, 0.2) is 95.9 Å². The molecule has 0 unspecified atom stereocenters. The summed E-state index contributed by atoms with van der Waals surface area (Å²) in [6.45, 7) is 0.173. The van der Waals surface area contributed by atoms with E-state index in [9.17, 15) is 31.2 Å². The summed E-state index contributed by atoms with van der Waals surface area (Å²) in [5.74, 6) is -0.985. The quantitative estimate of drug-likeness (QED) is 0.203. The van der Waals surface area contributed by atoms with Crippen LogP contribution in [-0.2, 0) is 38.6 Å². The summed E-state index contributed by atoms with van der Waals surface area (Å²) in [6, 6.07) is 21.1. The molecular formula is C32H26ClF3N2O6S. The number of hydrogen-bond donors (Lipinski definition) is 2. The standard InChI is InChI=1S/C32H26ClF3N2O6S/c33-27-18-22(9-14-26(27)32(34,35)36)21-7-12-25(13-8-21)45(42,43)38-28-4-2-1-3-23(28)19-29(38)31(41)37-15-16-44-24-10-5-20(6-11-24)17-30(39)40/h1-14,18,29H,15-17,19H2,(H,37,41)(H,39,40)/t29-/m0/s1. The molecule has 45 heavy (non-hydrogen) atoms. The molecular weight excluding hydrogens is 633 g/mol. The van der Waals surface area contributed by atoms with Crippen LogP contribution in [0.1, 0.15) is 16.7 Å². The van der Waals surface area contributed by atoms with E-state index in [2.05, 4.69) is 5.32 Å². The highest BCUT2D eigenvalue weighted by atomic mass is 35.5. The van der Waals surface area contributed by atoms with E-state index in [4.69, 9.17) is 21.4 Å². The molecule has 5 rings (SSSR count). The number of amides is 1. The van der Waals surface area contributed by atoms with Crippen LogP contribution in [-0.4, -0.2) is 44.6 Å². The van der Waals surface area contributed by atoms with Crippen molar-refractivity contribution in [3.63, 3.8) is 0 Å². The third kappa shape index (κ3) is 7.07. The smallest absolute Gasteiger partial charge is 0.417 e. The Balaban J connectivity index is 1.30. The first-order chi connectivity index (χ1) is 21.3. The minimum atomic E-state index is -4.60. The van der Waals surface area contributed by atoms with Crippen LogP contribution in [0.2, 0.25) is 5.02 Å². The van der Waals surface area contributed by atoms with Crippen LogP contribution < -0.4 is 14.4 Å². The number of hydrogen-bond acceptors (Lipinski definition) is 5. The second kappa shape index (κ2) is 12.8. The maximum absolute atomic E-state index is 13.9. The van der Waals surface area contributed by atoms with E-state index in [0.717, 1.165) is 10.4 Å². The number of carbonyl (C=O) groups is 2. The number of nitrogens with one attached hydrogen (secondary N) is 1. The predicted octanol–water partition coefficient (Wildman–Crippen LogP) is 5.97. The molecule has 1 amide bonds. The van der Waals surface area contributed by atoms with Crippen LogP contribution >= 0.6 is 11.6 Å². The number of carboxylic acid groups (broad SMARTS) is 1. The van der Waals surface area contributed by atoms with E-state index in [1.54, 1.807) is 48.5 Å². The van der Waals surface area contributed by atoms with Crippen LogP contribution in [0, 0.1) is 0 Å². The van der Waals surface area contributed by atoms with E-state index in [-0.39, 0.29) is 30.9 Å². The fourth-order valence-corrected chi connectivity index (χ4v) is 6.99. The van der Waals surface area contributed by atoms with Gasteiger partial charge in [0, 0.05) is 6.42 Å². The number of nitrogens with zero attached hydrogens (tertiary/aromatic N) is 1. The monoisotopic (exact) mass is 658 g/mol. The lowest BCUT2D eigenvalue weighted by Crippen LogP contribution is -2.48. The zero-order chi connectivity index (χ0) is 32.4. The van der Waals surface area contributed by atoms with Gasteiger partial charge in [0.05, 0.1) is 34.1 Å². The second-order valence-corrected chi connectivity index (χ2v) is 12.4. The van der Waals surface area contributed by atoms with Gasteiger partial charge in [0.25, 0.3) is 10.0 Å². The van der Waals surface area contributed by atoms with Gasteiger partial charge in [-0.2, -0.15) is 13.2 Å². The van der Waals surface area contributed by atoms with E-state index in [1.165, 1.54) is 36.4 Å². The molecule has 0 bridgehead atoms. The summed E-state index contributed by atoms with van der Waals surface area (Å²) >= 11 is 5.86. The van der Waals surface area contributed by atoms with Crippen LogP contribution in [0.25, 0.3) is 11.1 Å². The molecule has 1 aliphatic heterocycles. The lowest BCUT2D eigenvalue weighted by atomic mass is 10.0. The zero-order valence-corrected chi connectivity index (χ0v) is 25.0. The summed E-state index contributed by atoms with van der Waals surface area (Å²) in [7, 11) is -4.24. The van der Waals surface area contributed by atoms with E-state index in [1.807, 2.05) is 0 Å². The third-order valence-corrected chi connectivity index (χ3v) is 9.35. The van der Waals surface area contributed by atoms with Crippen molar-refractivity contribution < 1.29 is 41.0 Å². The van der Waals surface area contributed by atoms with Crippen molar-refractivity contribution in [2.45, 2.75) is 30.0 Å². The van der Waals surface area contributed by atoms with Crippen molar-refractivity contribution in [2.24, 2.45) is 0 Å². The molecule has 4 aromatic carbocycles.